The quantitative estimate of drug-likeness (QED) is 0.224. The van der Waals surface area contributed by atoms with E-state index in [1.807, 2.05) is 6.07 Å². The van der Waals surface area contributed by atoms with Crippen LogP contribution in [0.2, 0.25) is 5.02 Å². The number of nitrogens with zero attached hydrogens (tertiary/aromatic N) is 3. The molecule has 4 atom stereocenters. The molecule has 9 N–H and O–H groups in total. The highest BCUT2D eigenvalue weighted by atomic mass is 35.5. The number of rotatable bonds is 5. The first-order valence-electron chi connectivity index (χ1n) is 13.6. The molecule has 222 valence electrons. The summed E-state index contributed by atoms with van der Waals surface area (Å²) in [6.07, 6.45) is 0.800. The van der Waals surface area contributed by atoms with Gasteiger partial charge in [0, 0.05) is 18.7 Å². The van der Waals surface area contributed by atoms with Crippen LogP contribution in [-0.2, 0) is 5.41 Å². The van der Waals surface area contributed by atoms with Gasteiger partial charge < -0.3 is 47.3 Å². The van der Waals surface area contributed by atoms with Crippen LogP contribution in [0.3, 0.4) is 0 Å². The fourth-order valence-corrected chi connectivity index (χ4v) is 6.59. The van der Waals surface area contributed by atoms with E-state index in [2.05, 4.69) is 39.8 Å². The number of amides is 2. The SMILES string of the molecule is CC1(C)CCOc2c(C(=O)NC3CN4C(N)=NC(CNC(=O)c5ccccc5Cl)C5N=C(N)N[C@@]54C3(O)O)cccc21. The summed E-state index contributed by atoms with van der Waals surface area (Å²) in [7, 11) is 0. The second-order valence-corrected chi connectivity index (χ2v) is 12.0. The maximum Gasteiger partial charge on any atom is 0.255 e. The number of carbonyl (C=O) groups is 2. The van der Waals surface area contributed by atoms with Crippen molar-refractivity contribution in [1.29, 1.82) is 0 Å². The monoisotopic (exact) mass is 596 g/mol. The summed E-state index contributed by atoms with van der Waals surface area (Å²) in [4.78, 5) is 36.8. The van der Waals surface area contributed by atoms with Crippen molar-refractivity contribution in [2.75, 3.05) is 19.7 Å². The Morgan fingerprint density at radius 2 is 1.86 bits per heavy atom. The zero-order chi connectivity index (χ0) is 30.0. The number of aliphatic imine (C=N–C) groups is 2. The van der Waals surface area contributed by atoms with Crippen molar-refractivity contribution in [1.82, 2.24) is 20.9 Å². The number of para-hydroxylation sites is 1. The summed E-state index contributed by atoms with van der Waals surface area (Å²) in [5, 5.41) is 32.2. The van der Waals surface area contributed by atoms with Gasteiger partial charge >= 0.3 is 0 Å². The van der Waals surface area contributed by atoms with E-state index in [-0.39, 0.29) is 46.6 Å². The molecule has 6 rings (SSSR count). The van der Waals surface area contributed by atoms with E-state index in [4.69, 9.17) is 27.8 Å². The van der Waals surface area contributed by atoms with Crippen LogP contribution < -0.4 is 32.2 Å². The Morgan fingerprint density at radius 1 is 1.12 bits per heavy atom. The van der Waals surface area contributed by atoms with Crippen LogP contribution in [-0.4, -0.2) is 88.1 Å². The third kappa shape index (κ3) is 4.14. The third-order valence-corrected chi connectivity index (χ3v) is 8.99. The number of ether oxygens (including phenoxy) is 1. The summed E-state index contributed by atoms with van der Waals surface area (Å²) < 4.78 is 5.90. The molecule has 4 aliphatic heterocycles. The molecule has 0 saturated carbocycles. The predicted octanol–water partition coefficient (Wildman–Crippen LogP) is -0.395. The van der Waals surface area contributed by atoms with Crippen molar-refractivity contribution in [3.63, 3.8) is 0 Å². The summed E-state index contributed by atoms with van der Waals surface area (Å²) >= 11 is 6.16. The number of carbonyl (C=O) groups excluding carboxylic acids is 2. The Bertz CT molecular complexity index is 1530. The van der Waals surface area contributed by atoms with Gasteiger partial charge in [0.05, 0.1) is 28.8 Å². The molecular weight excluding hydrogens is 564 g/mol. The molecule has 2 aromatic rings. The molecule has 4 aliphatic rings. The van der Waals surface area contributed by atoms with Crippen LogP contribution >= 0.6 is 11.6 Å². The van der Waals surface area contributed by atoms with E-state index in [0.717, 1.165) is 12.0 Å². The van der Waals surface area contributed by atoms with Crippen LogP contribution in [0.25, 0.3) is 0 Å². The minimum Gasteiger partial charge on any atom is -0.492 e. The van der Waals surface area contributed by atoms with Crippen LogP contribution in [0.4, 0.5) is 0 Å². The zero-order valence-corrected chi connectivity index (χ0v) is 23.9. The van der Waals surface area contributed by atoms with Crippen LogP contribution in [0.15, 0.2) is 52.4 Å². The lowest BCUT2D eigenvalue weighted by molar-refractivity contribution is -0.230. The molecule has 42 heavy (non-hydrogen) atoms. The van der Waals surface area contributed by atoms with Gasteiger partial charge in [0.15, 0.2) is 17.6 Å². The van der Waals surface area contributed by atoms with E-state index in [1.54, 1.807) is 36.4 Å². The van der Waals surface area contributed by atoms with Crippen LogP contribution in [0.5, 0.6) is 5.75 Å². The molecule has 0 aromatic heterocycles. The lowest BCUT2D eigenvalue weighted by atomic mass is 9.79. The molecule has 2 aromatic carbocycles. The summed E-state index contributed by atoms with van der Waals surface area (Å²) in [6, 6.07) is 8.88. The number of halogens is 1. The smallest absolute Gasteiger partial charge is 0.255 e. The maximum absolute atomic E-state index is 13.6. The van der Waals surface area contributed by atoms with E-state index in [9.17, 15) is 19.8 Å². The molecule has 2 amide bonds. The first-order valence-corrected chi connectivity index (χ1v) is 14.0. The van der Waals surface area contributed by atoms with Crippen molar-refractivity contribution in [2.24, 2.45) is 21.5 Å². The first-order chi connectivity index (χ1) is 19.9. The van der Waals surface area contributed by atoms with E-state index < -0.39 is 41.4 Å². The van der Waals surface area contributed by atoms with Crippen LogP contribution in [0, 0.1) is 0 Å². The number of guanidine groups is 2. The van der Waals surface area contributed by atoms with Gasteiger partial charge in [0.25, 0.3) is 11.8 Å². The number of benzene rings is 2. The number of fused-ring (bicyclic) bond motifs is 1. The molecule has 0 bridgehead atoms. The summed E-state index contributed by atoms with van der Waals surface area (Å²) in [5.41, 5.74) is 11.9. The van der Waals surface area contributed by atoms with Crippen molar-refractivity contribution in [2.45, 2.75) is 55.3 Å². The molecule has 1 fully saturated rings. The number of nitrogens with two attached hydrogens (primary N) is 2. The summed E-state index contributed by atoms with van der Waals surface area (Å²) in [5.74, 6) is -3.24. The minimum absolute atomic E-state index is 0.0351. The average molecular weight is 597 g/mol. The van der Waals surface area contributed by atoms with Crippen molar-refractivity contribution >= 4 is 35.3 Å². The van der Waals surface area contributed by atoms with Crippen molar-refractivity contribution < 1.29 is 24.5 Å². The fraction of sp³-hybridized carbons (Fsp3) is 0.429. The fourth-order valence-electron chi connectivity index (χ4n) is 6.37. The lowest BCUT2D eigenvalue weighted by Gasteiger charge is -2.49. The Balaban J connectivity index is 1.27. The number of hydrogen-bond donors (Lipinski definition) is 7. The standard InChI is InChI=1S/C28H33ClN8O5/c1-26(2)10-11-42-20-15(7-5-8-16(20)26)23(39)34-19-13-37-25(31)33-18(12-32-22(38)14-6-3-4-9-17(14)29)21-27(37,28(19,40)41)36-24(30)35-21/h3-9,18-19,21,40-41H,10-13H2,1-2H3,(H2,31,33)(H,32,38)(H,34,39)(H3,30,35,36)/t18?,19?,21?,27-/m0/s1. The Kier molecular flexibility index (Phi) is 6.52. The van der Waals surface area contributed by atoms with Gasteiger partial charge in [-0.05, 0) is 30.0 Å². The van der Waals surface area contributed by atoms with Gasteiger partial charge in [-0.25, -0.2) is 9.98 Å². The largest absolute Gasteiger partial charge is 0.492 e. The first kappa shape index (κ1) is 28.1. The zero-order valence-electron chi connectivity index (χ0n) is 23.1. The van der Waals surface area contributed by atoms with E-state index in [0.29, 0.717) is 12.4 Å². The average Bonchev–Trinajstić information content (AvgIpc) is 3.41. The highest BCUT2D eigenvalue weighted by molar-refractivity contribution is 6.33. The highest BCUT2D eigenvalue weighted by Crippen LogP contribution is 2.45. The molecular formula is C28H33ClN8O5. The van der Waals surface area contributed by atoms with Gasteiger partial charge in [-0.2, -0.15) is 0 Å². The van der Waals surface area contributed by atoms with Crippen molar-refractivity contribution in [3.05, 3.63) is 64.2 Å². The predicted molar refractivity (Wildman–Crippen MR) is 155 cm³/mol. The lowest BCUT2D eigenvalue weighted by Crippen LogP contribution is -2.78. The molecule has 14 heteroatoms. The van der Waals surface area contributed by atoms with Gasteiger partial charge in [-0.1, -0.05) is 49.7 Å². The molecule has 1 spiro atoms. The summed E-state index contributed by atoms with van der Waals surface area (Å²) in [6.45, 7) is 4.46. The number of hydrogen-bond acceptors (Lipinski definition) is 11. The molecule has 13 nitrogen and oxygen atoms in total. The van der Waals surface area contributed by atoms with E-state index >= 15 is 0 Å². The molecule has 3 unspecified atom stereocenters. The van der Waals surface area contributed by atoms with Gasteiger partial charge in [-0.3, -0.25) is 9.59 Å². The molecule has 0 aliphatic carbocycles. The van der Waals surface area contributed by atoms with Crippen molar-refractivity contribution in [3.8, 4) is 5.75 Å². The second-order valence-electron chi connectivity index (χ2n) is 11.6. The normalized spacial score (nSPS) is 28.2. The number of aliphatic hydroxyl groups is 2. The minimum atomic E-state index is -2.63. The molecule has 1 saturated heterocycles. The highest BCUT2D eigenvalue weighted by Gasteiger charge is 2.73. The van der Waals surface area contributed by atoms with Gasteiger partial charge in [0.1, 0.15) is 17.8 Å². The second kappa shape index (κ2) is 9.75. The van der Waals surface area contributed by atoms with Gasteiger partial charge in [-0.15, -0.1) is 0 Å². The molecule has 0 radical (unpaired) electrons. The van der Waals surface area contributed by atoms with E-state index in [1.165, 1.54) is 4.90 Å². The van der Waals surface area contributed by atoms with Crippen LogP contribution in [0.1, 0.15) is 46.5 Å². The third-order valence-electron chi connectivity index (χ3n) is 8.66. The maximum atomic E-state index is 13.6. The number of nitrogens with one attached hydrogen (secondary N) is 3. The Morgan fingerprint density at radius 3 is 2.62 bits per heavy atom. The topological polar surface area (TPSA) is 200 Å². The Hall–Kier alpha value is -4.07. The van der Waals surface area contributed by atoms with Gasteiger partial charge in [0.2, 0.25) is 5.79 Å². The Labute approximate surface area is 247 Å². The molecule has 4 heterocycles.